The van der Waals surface area contributed by atoms with Crippen LogP contribution in [-0.2, 0) is 26.6 Å². The summed E-state index contributed by atoms with van der Waals surface area (Å²) in [6, 6.07) is 11.4. The monoisotopic (exact) mass is 426 g/mol. The summed E-state index contributed by atoms with van der Waals surface area (Å²) in [4.78, 5) is 12.0. The van der Waals surface area contributed by atoms with Gasteiger partial charge >= 0.3 is 0 Å². The minimum Gasteiger partial charge on any atom is -0.280 e. The lowest BCUT2D eigenvalue weighted by molar-refractivity contribution is -0.384. The smallest absolute Gasteiger partial charge is 0.269 e. The molecule has 1 heterocycles. The number of nitro benzene ring substituents is 1. The highest BCUT2D eigenvalue weighted by atomic mass is 32.2. The molecule has 12 heteroatoms. The first kappa shape index (κ1) is 20.2. The number of hydrogen-bond donors (Lipinski definition) is 1. The summed E-state index contributed by atoms with van der Waals surface area (Å²) in [6.07, 6.45) is 0. The Hall–Kier alpha value is -2.54. The average molecular weight is 426 g/mol. The lowest BCUT2D eigenvalue weighted by Gasteiger charge is -2.36. The van der Waals surface area contributed by atoms with Gasteiger partial charge in [-0.2, -0.15) is 0 Å². The minimum atomic E-state index is -3.87. The molecule has 1 saturated heterocycles. The number of non-ortho nitro benzene ring substituents is 1. The molecule has 0 bridgehead atoms. The van der Waals surface area contributed by atoms with Gasteiger partial charge in [-0.1, -0.05) is 12.1 Å². The first-order chi connectivity index (χ1) is 13.1. The van der Waals surface area contributed by atoms with Crippen molar-refractivity contribution in [1.29, 1.82) is 0 Å². The van der Waals surface area contributed by atoms with Crippen molar-refractivity contribution in [3.63, 3.8) is 0 Å². The molecule has 10 nitrogen and oxygen atoms in total. The maximum Gasteiger partial charge on any atom is 0.269 e. The zero-order chi connectivity index (χ0) is 20.5. The van der Waals surface area contributed by atoms with E-state index in [0.29, 0.717) is 18.8 Å². The van der Waals surface area contributed by atoms with Crippen LogP contribution in [0, 0.1) is 10.1 Å². The van der Waals surface area contributed by atoms with E-state index >= 15 is 0 Å². The predicted molar refractivity (Wildman–Crippen MR) is 102 cm³/mol. The highest BCUT2D eigenvalue weighted by Gasteiger charge is 2.30. The number of nitrogens with zero attached hydrogens (tertiary/aromatic N) is 3. The third kappa shape index (κ3) is 4.47. The van der Waals surface area contributed by atoms with Gasteiger partial charge in [0.05, 0.1) is 27.9 Å². The second kappa shape index (κ2) is 7.47. The van der Waals surface area contributed by atoms with Crippen LogP contribution in [-0.4, -0.2) is 45.6 Å². The molecule has 3 rings (SSSR count). The van der Waals surface area contributed by atoms with Gasteiger partial charge in [0.25, 0.3) is 5.69 Å². The molecule has 2 aromatic rings. The Morgan fingerprint density at radius 1 is 1.07 bits per heavy atom. The van der Waals surface area contributed by atoms with Crippen LogP contribution in [0.2, 0.25) is 0 Å². The average Bonchev–Trinajstić information content (AvgIpc) is 2.63. The van der Waals surface area contributed by atoms with Gasteiger partial charge in [-0.15, -0.1) is 0 Å². The highest BCUT2D eigenvalue weighted by molar-refractivity contribution is 7.92. The molecule has 1 aliphatic heterocycles. The van der Waals surface area contributed by atoms with E-state index in [1.807, 2.05) is 4.90 Å². The molecule has 2 N–H and O–H groups in total. The lowest BCUT2D eigenvalue weighted by atomic mass is 10.2. The van der Waals surface area contributed by atoms with Gasteiger partial charge in [0, 0.05) is 25.2 Å². The number of sulfonamides is 2. The largest absolute Gasteiger partial charge is 0.280 e. The SMILES string of the molecule is NS(=O)(=O)c1ccc(N2CN(Cc3ccc([N+](=O)[O-])cc3)CCS2(=O)=O)cc1. The fraction of sp³-hybridized carbons (Fsp3) is 0.250. The van der Waals surface area contributed by atoms with E-state index < -0.39 is 25.0 Å². The van der Waals surface area contributed by atoms with Crippen LogP contribution < -0.4 is 9.44 Å². The number of primary sulfonamides is 1. The normalized spacial score (nSPS) is 17.4. The van der Waals surface area contributed by atoms with Gasteiger partial charge in [0.15, 0.2) is 0 Å². The van der Waals surface area contributed by atoms with Crippen molar-refractivity contribution >= 4 is 31.4 Å². The summed E-state index contributed by atoms with van der Waals surface area (Å²) < 4.78 is 48.9. The van der Waals surface area contributed by atoms with Crippen LogP contribution in [0.3, 0.4) is 0 Å². The fourth-order valence-electron chi connectivity index (χ4n) is 2.85. The van der Waals surface area contributed by atoms with Crippen LogP contribution in [0.4, 0.5) is 11.4 Å². The number of anilines is 1. The molecule has 28 heavy (non-hydrogen) atoms. The third-order valence-electron chi connectivity index (χ3n) is 4.34. The number of nitro groups is 1. The Bertz CT molecular complexity index is 1080. The zero-order valence-electron chi connectivity index (χ0n) is 14.6. The summed E-state index contributed by atoms with van der Waals surface area (Å²) in [5.74, 6) is -0.100. The van der Waals surface area contributed by atoms with Gasteiger partial charge in [-0.3, -0.25) is 19.3 Å². The maximum absolute atomic E-state index is 12.5. The number of hydrogen-bond acceptors (Lipinski definition) is 7. The van der Waals surface area contributed by atoms with Gasteiger partial charge in [0.1, 0.15) is 0 Å². The molecule has 0 atom stereocenters. The second-order valence-corrected chi connectivity index (χ2v) is 9.90. The van der Waals surface area contributed by atoms with Crippen molar-refractivity contribution in [2.75, 3.05) is 23.3 Å². The van der Waals surface area contributed by atoms with E-state index in [-0.39, 0.29) is 23.0 Å². The first-order valence-corrected chi connectivity index (χ1v) is 11.3. The molecule has 0 radical (unpaired) electrons. The molecule has 1 aliphatic rings. The Morgan fingerprint density at radius 3 is 2.21 bits per heavy atom. The van der Waals surface area contributed by atoms with Gasteiger partial charge < -0.3 is 0 Å². The second-order valence-electron chi connectivity index (χ2n) is 6.32. The van der Waals surface area contributed by atoms with E-state index in [1.165, 1.54) is 40.7 Å². The molecule has 0 spiro atoms. The van der Waals surface area contributed by atoms with E-state index in [9.17, 15) is 26.9 Å². The molecular formula is C16H18N4O6S2. The van der Waals surface area contributed by atoms with Crippen LogP contribution in [0.5, 0.6) is 0 Å². The molecule has 1 fully saturated rings. The molecule has 0 aromatic heterocycles. The lowest BCUT2D eigenvalue weighted by Crippen LogP contribution is -2.50. The number of rotatable bonds is 5. The third-order valence-corrected chi connectivity index (χ3v) is 6.96. The molecule has 150 valence electrons. The summed E-state index contributed by atoms with van der Waals surface area (Å²) in [7, 11) is -7.41. The van der Waals surface area contributed by atoms with Crippen molar-refractivity contribution in [3.8, 4) is 0 Å². The Labute approximate surface area is 162 Å². The van der Waals surface area contributed by atoms with Gasteiger partial charge in [0.2, 0.25) is 20.0 Å². The molecule has 0 aliphatic carbocycles. The Kier molecular flexibility index (Phi) is 5.39. The van der Waals surface area contributed by atoms with Crippen molar-refractivity contribution in [1.82, 2.24) is 4.90 Å². The Morgan fingerprint density at radius 2 is 1.68 bits per heavy atom. The van der Waals surface area contributed by atoms with E-state index in [4.69, 9.17) is 5.14 Å². The molecular weight excluding hydrogens is 408 g/mol. The van der Waals surface area contributed by atoms with Crippen molar-refractivity contribution < 1.29 is 21.8 Å². The van der Waals surface area contributed by atoms with Crippen molar-refractivity contribution in [2.45, 2.75) is 11.4 Å². The van der Waals surface area contributed by atoms with Gasteiger partial charge in [-0.05, 0) is 29.8 Å². The van der Waals surface area contributed by atoms with Gasteiger partial charge in [-0.25, -0.2) is 22.0 Å². The minimum absolute atomic E-state index is 0.0125. The summed E-state index contributed by atoms with van der Waals surface area (Å²) >= 11 is 0. The van der Waals surface area contributed by atoms with Crippen molar-refractivity contribution in [3.05, 3.63) is 64.2 Å². The molecule has 0 unspecified atom stereocenters. The zero-order valence-corrected chi connectivity index (χ0v) is 16.3. The van der Waals surface area contributed by atoms with Crippen LogP contribution in [0.25, 0.3) is 0 Å². The standard InChI is InChI=1S/C16H18N4O6S2/c17-28(25,26)16-7-5-14(6-8-16)19-12-18(9-10-27(19,23)24)11-13-1-3-15(4-2-13)20(21)22/h1-8H,9-12H2,(H2,17,25,26). The van der Waals surface area contributed by atoms with E-state index in [1.54, 1.807) is 12.1 Å². The highest BCUT2D eigenvalue weighted by Crippen LogP contribution is 2.24. The van der Waals surface area contributed by atoms with Crippen LogP contribution >= 0.6 is 0 Å². The van der Waals surface area contributed by atoms with E-state index in [2.05, 4.69) is 0 Å². The fourth-order valence-corrected chi connectivity index (χ4v) is 4.86. The summed E-state index contributed by atoms with van der Waals surface area (Å²) in [6.45, 7) is 0.804. The van der Waals surface area contributed by atoms with Crippen molar-refractivity contribution in [2.24, 2.45) is 5.14 Å². The predicted octanol–water partition coefficient (Wildman–Crippen LogP) is 0.852. The molecule has 2 aromatic carbocycles. The van der Waals surface area contributed by atoms with Crippen LogP contribution in [0.1, 0.15) is 5.56 Å². The Balaban J connectivity index is 1.78. The number of nitrogens with two attached hydrogens (primary N) is 1. The molecule has 0 amide bonds. The first-order valence-electron chi connectivity index (χ1n) is 8.15. The summed E-state index contributed by atoms with van der Waals surface area (Å²) in [5, 5.41) is 15.8. The van der Waals surface area contributed by atoms with Crippen LogP contribution in [0.15, 0.2) is 53.4 Å². The van der Waals surface area contributed by atoms with E-state index in [0.717, 1.165) is 5.56 Å². The quantitative estimate of drug-likeness (QED) is 0.551. The maximum atomic E-state index is 12.5. The molecule has 0 saturated carbocycles. The topological polar surface area (TPSA) is 144 Å². The number of benzene rings is 2. The summed E-state index contributed by atoms with van der Waals surface area (Å²) in [5.41, 5.74) is 1.14.